The normalized spacial score (nSPS) is 14.5. The molecule has 0 radical (unpaired) electrons. The van der Waals surface area contributed by atoms with Crippen molar-refractivity contribution < 1.29 is 0 Å². The summed E-state index contributed by atoms with van der Waals surface area (Å²) in [5.74, 6) is 2.28. The van der Waals surface area contributed by atoms with E-state index in [0.717, 1.165) is 31.8 Å². The van der Waals surface area contributed by atoms with Crippen LogP contribution < -0.4 is 5.32 Å². The maximum Gasteiger partial charge on any atom is 0.161 e. The number of hydrogen-bond donors (Lipinski definition) is 1. The lowest BCUT2D eigenvalue weighted by molar-refractivity contribution is 0.994. The molecule has 0 bridgehead atoms. The molecule has 98 valence electrons. The third-order valence-electron chi connectivity index (χ3n) is 3.18. The predicted molar refractivity (Wildman–Crippen MR) is 84.4 cm³/mol. The van der Waals surface area contributed by atoms with Gasteiger partial charge in [-0.2, -0.15) is 0 Å². The fraction of sp³-hybridized carbons (Fsp3) is 0.286. The molecule has 1 aliphatic carbocycles. The molecule has 0 spiro atoms. The smallest absolute Gasteiger partial charge is 0.161 e. The van der Waals surface area contributed by atoms with Crippen LogP contribution in [0.15, 0.2) is 33.2 Å². The Kier molecular flexibility index (Phi) is 3.58. The van der Waals surface area contributed by atoms with Crippen molar-refractivity contribution >= 4 is 37.7 Å². The molecule has 1 N–H and O–H groups in total. The molecular weight excluding hydrogens is 370 g/mol. The van der Waals surface area contributed by atoms with Gasteiger partial charge in [-0.3, -0.25) is 0 Å². The van der Waals surface area contributed by atoms with Crippen molar-refractivity contribution in [3.63, 3.8) is 0 Å². The zero-order valence-corrected chi connectivity index (χ0v) is 13.6. The number of nitrogens with one attached hydrogen (secondary N) is 1. The van der Waals surface area contributed by atoms with E-state index in [1.54, 1.807) is 0 Å². The van der Waals surface area contributed by atoms with Gasteiger partial charge in [0.2, 0.25) is 0 Å². The summed E-state index contributed by atoms with van der Waals surface area (Å²) in [6.07, 6.45) is 2.48. The molecule has 5 heteroatoms. The summed E-state index contributed by atoms with van der Waals surface area (Å²) in [4.78, 5) is 9.24. The third kappa shape index (κ3) is 2.82. The van der Waals surface area contributed by atoms with E-state index < -0.39 is 0 Å². The van der Waals surface area contributed by atoms with Gasteiger partial charge in [0.1, 0.15) is 5.82 Å². The highest BCUT2D eigenvalue weighted by atomic mass is 79.9. The maximum absolute atomic E-state index is 4.70. The molecule has 3 nitrogen and oxygen atoms in total. The molecule has 0 unspecified atom stereocenters. The molecule has 1 saturated carbocycles. The van der Waals surface area contributed by atoms with Crippen LogP contribution in [0.1, 0.15) is 24.5 Å². The minimum Gasteiger partial charge on any atom is -0.373 e. The molecule has 19 heavy (non-hydrogen) atoms. The van der Waals surface area contributed by atoms with E-state index in [4.69, 9.17) is 4.98 Å². The lowest BCUT2D eigenvalue weighted by atomic mass is 10.2. The van der Waals surface area contributed by atoms with Gasteiger partial charge < -0.3 is 5.32 Å². The summed E-state index contributed by atoms with van der Waals surface area (Å²) < 4.78 is 2.04. The van der Waals surface area contributed by atoms with E-state index in [9.17, 15) is 0 Å². The molecule has 2 aromatic rings. The van der Waals surface area contributed by atoms with Gasteiger partial charge in [0.15, 0.2) is 5.82 Å². The molecule has 1 heterocycles. The molecule has 0 amide bonds. The van der Waals surface area contributed by atoms with Gasteiger partial charge in [-0.1, -0.05) is 0 Å². The first-order valence-electron chi connectivity index (χ1n) is 6.19. The molecular formula is C14H13Br2N3. The summed E-state index contributed by atoms with van der Waals surface area (Å²) in [6, 6.07) is 8.12. The number of anilines is 1. The van der Waals surface area contributed by atoms with Crippen LogP contribution in [0.25, 0.3) is 11.4 Å². The van der Waals surface area contributed by atoms with Crippen molar-refractivity contribution in [2.75, 3.05) is 12.4 Å². The lowest BCUT2D eigenvalue weighted by Crippen LogP contribution is -2.00. The van der Waals surface area contributed by atoms with Crippen molar-refractivity contribution in [3.8, 4) is 11.4 Å². The van der Waals surface area contributed by atoms with Crippen LogP contribution >= 0.6 is 31.9 Å². The monoisotopic (exact) mass is 381 g/mol. The van der Waals surface area contributed by atoms with Crippen molar-refractivity contribution in [3.05, 3.63) is 38.9 Å². The second-order valence-electron chi connectivity index (χ2n) is 4.65. The Hall–Kier alpha value is -0.940. The first-order chi connectivity index (χ1) is 9.17. The van der Waals surface area contributed by atoms with Gasteiger partial charge in [-0.15, -0.1) is 0 Å². The largest absolute Gasteiger partial charge is 0.373 e. The Morgan fingerprint density at radius 2 is 1.89 bits per heavy atom. The highest BCUT2D eigenvalue weighted by molar-refractivity contribution is 9.13. The van der Waals surface area contributed by atoms with Crippen LogP contribution in [0.2, 0.25) is 0 Å². The molecule has 0 atom stereocenters. The minimum absolute atomic E-state index is 0.618. The summed E-state index contributed by atoms with van der Waals surface area (Å²) >= 11 is 7.00. The molecule has 0 aliphatic heterocycles. The number of nitrogens with zero attached hydrogens (tertiary/aromatic N) is 2. The standard InChI is InChI=1S/C14H13Br2N3/c1-17-13-7-12(8-2-3-8)18-14(19-13)9-4-5-10(15)11(16)6-9/h4-8H,2-3H2,1H3,(H,17,18,19). The van der Waals surface area contributed by atoms with E-state index in [2.05, 4.69) is 48.2 Å². The van der Waals surface area contributed by atoms with Gasteiger partial charge in [-0.25, -0.2) is 9.97 Å². The second kappa shape index (κ2) is 5.21. The average Bonchev–Trinajstić information content (AvgIpc) is 3.26. The first-order valence-corrected chi connectivity index (χ1v) is 7.78. The Balaban J connectivity index is 2.07. The number of aromatic nitrogens is 2. The predicted octanol–water partition coefficient (Wildman–Crippen LogP) is 4.59. The quantitative estimate of drug-likeness (QED) is 0.843. The van der Waals surface area contributed by atoms with E-state index in [1.165, 1.54) is 12.8 Å². The Morgan fingerprint density at radius 1 is 1.11 bits per heavy atom. The molecule has 1 aliphatic rings. The Morgan fingerprint density at radius 3 is 2.53 bits per heavy atom. The molecule has 0 saturated heterocycles. The minimum atomic E-state index is 0.618. The summed E-state index contributed by atoms with van der Waals surface area (Å²) in [5.41, 5.74) is 2.17. The van der Waals surface area contributed by atoms with Gasteiger partial charge >= 0.3 is 0 Å². The first kappa shape index (κ1) is 13.1. The van der Waals surface area contributed by atoms with Crippen LogP contribution in [0.3, 0.4) is 0 Å². The van der Waals surface area contributed by atoms with E-state index in [-0.39, 0.29) is 0 Å². The zero-order valence-electron chi connectivity index (χ0n) is 10.5. The van der Waals surface area contributed by atoms with Crippen LogP contribution in [0, 0.1) is 0 Å². The highest BCUT2D eigenvalue weighted by Crippen LogP contribution is 2.40. The topological polar surface area (TPSA) is 37.8 Å². The van der Waals surface area contributed by atoms with E-state index in [1.807, 2.05) is 25.2 Å². The zero-order chi connectivity index (χ0) is 13.4. The van der Waals surface area contributed by atoms with Crippen molar-refractivity contribution in [1.29, 1.82) is 0 Å². The second-order valence-corrected chi connectivity index (χ2v) is 6.36. The average molecular weight is 383 g/mol. The van der Waals surface area contributed by atoms with Crippen LogP contribution in [0.4, 0.5) is 5.82 Å². The van der Waals surface area contributed by atoms with Gasteiger partial charge in [-0.05, 0) is 62.9 Å². The summed E-state index contributed by atoms with van der Waals surface area (Å²) in [7, 11) is 1.89. The number of rotatable bonds is 3. The molecule has 3 rings (SSSR count). The molecule has 1 aromatic carbocycles. The van der Waals surface area contributed by atoms with Crippen molar-refractivity contribution in [1.82, 2.24) is 9.97 Å². The number of benzene rings is 1. The van der Waals surface area contributed by atoms with Crippen LogP contribution in [-0.4, -0.2) is 17.0 Å². The fourth-order valence-corrected chi connectivity index (χ4v) is 2.57. The third-order valence-corrected chi connectivity index (χ3v) is 5.06. The Bertz CT molecular complexity index is 624. The SMILES string of the molecule is CNc1cc(C2CC2)nc(-c2ccc(Br)c(Br)c2)n1. The van der Waals surface area contributed by atoms with Crippen molar-refractivity contribution in [2.24, 2.45) is 0 Å². The van der Waals surface area contributed by atoms with Crippen LogP contribution in [-0.2, 0) is 0 Å². The lowest BCUT2D eigenvalue weighted by Gasteiger charge is -2.08. The van der Waals surface area contributed by atoms with E-state index in [0.29, 0.717) is 5.92 Å². The summed E-state index contributed by atoms with van der Waals surface area (Å²) in [5, 5.41) is 3.11. The molecule has 1 aromatic heterocycles. The highest BCUT2D eigenvalue weighted by Gasteiger charge is 2.26. The van der Waals surface area contributed by atoms with Crippen molar-refractivity contribution in [2.45, 2.75) is 18.8 Å². The van der Waals surface area contributed by atoms with Gasteiger partial charge in [0, 0.05) is 39.2 Å². The molecule has 1 fully saturated rings. The maximum atomic E-state index is 4.70. The fourth-order valence-electron chi connectivity index (χ4n) is 1.95. The number of halogens is 2. The number of hydrogen-bond acceptors (Lipinski definition) is 3. The van der Waals surface area contributed by atoms with Gasteiger partial charge in [0.05, 0.1) is 0 Å². The van der Waals surface area contributed by atoms with E-state index >= 15 is 0 Å². The van der Waals surface area contributed by atoms with Crippen LogP contribution in [0.5, 0.6) is 0 Å². The van der Waals surface area contributed by atoms with Gasteiger partial charge in [0.25, 0.3) is 0 Å². The Labute approximate surface area is 129 Å². The summed E-state index contributed by atoms with van der Waals surface area (Å²) in [6.45, 7) is 0.